The number of thioether (sulfide) groups is 1. The molecule has 0 atom stereocenters. The molecule has 0 spiro atoms. The van der Waals surface area contributed by atoms with Crippen molar-refractivity contribution in [3.63, 3.8) is 0 Å². The van der Waals surface area contributed by atoms with Gasteiger partial charge in [0, 0.05) is 28.0 Å². The first-order valence-electron chi connectivity index (χ1n) is 8.83. The number of hydrogen-bond donors (Lipinski definition) is 1. The lowest BCUT2D eigenvalue weighted by molar-refractivity contribution is -0.122. The summed E-state index contributed by atoms with van der Waals surface area (Å²) in [5.41, 5.74) is 1.32. The minimum atomic E-state index is -0.244. The molecular weight excluding hydrogens is 468 g/mol. The lowest BCUT2D eigenvalue weighted by atomic mass is 10.2. The number of aromatic nitrogens is 1. The molecule has 2 aromatic heterocycles. The number of nitrogens with zero attached hydrogens (tertiary/aromatic N) is 4. The van der Waals surface area contributed by atoms with Gasteiger partial charge in [-0.25, -0.2) is 0 Å². The van der Waals surface area contributed by atoms with Crippen molar-refractivity contribution in [1.82, 2.24) is 9.88 Å². The van der Waals surface area contributed by atoms with E-state index in [0.29, 0.717) is 21.4 Å². The van der Waals surface area contributed by atoms with Crippen molar-refractivity contribution in [2.24, 2.45) is 10.2 Å². The first-order chi connectivity index (χ1) is 14.6. The zero-order valence-corrected chi connectivity index (χ0v) is 17.9. The zero-order valence-electron chi connectivity index (χ0n) is 15.5. The average molecular weight is 483 g/mol. The van der Waals surface area contributed by atoms with Crippen LogP contribution in [0.15, 0.2) is 85.1 Å². The SMILES string of the molecule is O=C1/C(=C/c2cc(Br)ccc2O)S/C(=N/N=C\c2cccnc2)N1Cc1ccco1. The molecule has 4 rings (SSSR count). The van der Waals surface area contributed by atoms with Gasteiger partial charge >= 0.3 is 0 Å². The molecule has 0 bridgehead atoms. The van der Waals surface area contributed by atoms with Gasteiger partial charge in [-0.05, 0) is 54.2 Å². The quantitative estimate of drug-likeness (QED) is 0.324. The van der Waals surface area contributed by atoms with Gasteiger partial charge < -0.3 is 9.52 Å². The number of hydrogen-bond acceptors (Lipinski definition) is 7. The van der Waals surface area contributed by atoms with E-state index in [2.05, 4.69) is 31.1 Å². The van der Waals surface area contributed by atoms with E-state index in [4.69, 9.17) is 4.42 Å². The van der Waals surface area contributed by atoms with Gasteiger partial charge in [-0.3, -0.25) is 14.7 Å². The van der Waals surface area contributed by atoms with Crippen LogP contribution >= 0.6 is 27.7 Å². The number of amides is 1. The molecule has 30 heavy (non-hydrogen) atoms. The van der Waals surface area contributed by atoms with Crippen molar-refractivity contribution in [1.29, 1.82) is 0 Å². The number of rotatable bonds is 5. The Morgan fingerprint density at radius 1 is 1.27 bits per heavy atom. The van der Waals surface area contributed by atoms with Crippen LogP contribution in [0.5, 0.6) is 5.75 Å². The molecule has 1 saturated heterocycles. The van der Waals surface area contributed by atoms with E-state index in [0.717, 1.165) is 10.0 Å². The molecule has 1 aliphatic heterocycles. The Morgan fingerprint density at radius 3 is 2.93 bits per heavy atom. The van der Waals surface area contributed by atoms with Crippen molar-refractivity contribution in [2.75, 3.05) is 0 Å². The summed E-state index contributed by atoms with van der Waals surface area (Å²) in [6.45, 7) is 0.224. The monoisotopic (exact) mass is 482 g/mol. The number of phenols is 1. The van der Waals surface area contributed by atoms with Gasteiger partial charge in [0.1, 0.15) is 11.5 Å². The lowest BCUT2D eigenvalue weighted by Gasteiger charge is -2.12. The van der Waals surface area contributed by atoms with Crippen LogP contribution in [0, 0.1) is 0 Å². The summed E-state index contributed by atoms with van der Waals surface area (Å²) < 4.78 is 6.18. The Labute approximate surface area is 185 Å². The zero-order chi connectivity index (χ0) is 20.9. The number of benzene rings is 1. The number of carbonyl (C=O) groups is 1. The summed E-state index contributed by atoms with van der Waals surface area (Å²) in [5.74, 6) is 0.460. The van der Waals surface area contributed by atoms with Gasteiger partial charge in [-0.2, -0.15) is 5.10 Å². The number of halogens is 1. The molecule has 0 saturated carbocycles. The Hall–Kier alpha value is -3.17. The normalized spacial score (nSPS) is 17.0. The molecule has 0 unspecified atom stereocenters. The van der Waals surface area contributed by atoms with Gasteiger partial charge in [-0.15, -0.1) is 5.10 Å². The molecule has 1 aromatic carbocycles. The second-order valence-corrected chi connectivity index (χ2v) is 8.12. The van der Waals surface area contributed by atoms with Crippen LogP contribution in [0.2, 0.25) is 0 Å². The summed E-state index contributed by atoms with van der Waals surface area (Å²) in [4.78, 5) is 19.0. The molecule has 7 nitrogen and oxygen atoms in total. The van der Waals surface area contributed by atoms with Crippen LogP contribution in [-0.4, -0.2) is 32.3 Å². The van der Waals surface area contributed by atoms with Crippen LogP contribution in [-0.2, 0) is 11.3 Å². The van der Waals surface area contributed by atoms with Crippen LogP contribution in [0.25, 0.3) is 6.08 Å². The maximum absolute atomic E-state index is 13.0. The Bertz CT molecular complexity index is 1140. The van der Waals surface area contributed by atoms with Crippen LogP contribution in [0.4, 0.5) is 0 Å². The van der Waals surface area contributed by atoms with Crippen LogP contribution < -0.4 is 0 Å². The summed E-state index contributed by atoms with van der Waals surface area (Å²) in [5, 5.41) is 18.9. The first kappa shape index (κ1) is 20.1. The van der Waals surface area contributed by atoms with Crippen LogP contribution in [0.3, 0.4) is 0 Å². The largest absolute Gasteiger partial charge is 0.507 e. The summed E-state index contributed by atoms with van der Waals surface area (Å²) in [6, 6.07) is 12.2. The maximum atomic E-state index is 13.0. The van der Waals surface area contributed by atoms with Crippen LogP contribution in [0.1, 0.15) is 16.9 Å². The predicted octanol–water partition coefficient (Wildman–Crippen LogP) is 4.65. The van der Waals surface area contributed by atoms with Gasteiger partial charge in [0.15, 0.2) is 5.17 Å². The minimum absolute atomic E-state index is 0.0803. The summed E-state index contributed by atoms with van der Waals surface area (Å²) >= 11 is 4.56. The molecule has 9 heteroatoms. The van der Waals surface area contributed by atoms with Gasteiger partial charge in [0.2, 0.25) is 0 Å². The Kier molecular flexibility index (Phi) is 6.10. The highest BCUT2D eigenvalue weighted by Gasteiger charge is 2.34. The van der Waals surface area contributed by atoms with Crippen molar-refractivity contribution < 1.29 is 14.3 Å². The van der Waals surface area contributed by atoms with E-state index < -0.39 is 0 Å². The molecule has 150 valence electrons. The number of furan rings is 1. The summed E-state index contributed by atoms with van der Waals surface area (Å²) in [6.07, 6.45) is 8.09. The highest BCUT2D eigenvalue weighted by molar-refractivity contribution is 9.10. The smallest absolute Gasteiger partial charge is 0.267 e. The third kappa shape index (κ3) is 4.69. The fraction of sp³-hybridized carbons (Fsp3) is 0.0476. The number of pyridine rings is 1. The molecule has 3 aromatic rings. The fourth-order valence-corrected chi connectivity index (χ4v) is 3.96. The van der Waals surface area contributed by atoms with Crippen molar-refractivity contribution in [3.8, 4) is 5.75 Å². The van der Waals surface area contributed by atoms with Gasteiger partial charge in [-0.1, -0.05) is 22.0 Å². The highest BCUT2D eigenvalue weighted by atomic mass is 79.9. The van der Waals surface area contributed by atoms with E-state index in [-0.39, 0.29) is 18.2 Å². The highest BCUT2D eigenvalue weighted by Crippen LogP contribution is 2.35. The second-order valence-electron chi connectivity index (χ2n) is 6.20. The topological polar surface area (TPSA) is 91.3 Å². The van der Waals surface area contributed by atoms with Crippen molar-refractivity contribution >= 4 is 51.1 Å². The molecule has 0 radical (unpaired) electrons. The molecule has 3 heterocycles. The van der Waals surface area contributed by atoms with E-state index in [9.17, 15) is 9.90 Å². The van der Waals surface area contributed by atoms with E-state index in [1.807, 2.05) is 6.07 Å². The number of phenolic OH excluding ortho intramolecular Hbond substituents is 1. The van der Waals surface area contributed by atoms with E-state index in [1.165, 1.54) is 16.7 Å². The summed E-state index contributed by atoms with van der Waals surface area (Å²) in [7, 11) is 0. The average Bonchev–Trinajstić information content (AvgIpc) is 3.36. The molecular formula is C21H15BrN4O3S. The van der Waals surface area contributed by atoms with Crippen molar-refractivity contribution in [3.05, 3.63) is 87.4 Å². The van der Waals surface area contributed by atoms with Gasteiger partial charge in [0.05, 0.1) is 23.9 Å². The first-order valence-corrected chi connectivity index (χ1v) is 10.4. The van der Waals surface area contributed by atoms with Gasteiger partial charge in [0.25, 0.3) is 5.91 Å². The second kappa shape index (κ2) is 9.10. The number of aromatic hydroxyl groups is 1. The fourth-order valence-electron chi connectivity index (χ4n) is 2.66. The molecule has 1 N–H and O–H groups in total. The lowest BCUT2D eigenvalue weighted by Crippen LogP contribution is -2.28. The third-order valence-electron chi connectivity index (χ3n) is 4.09. The standard InChI is InChI=1S/C21H15BrN4O3S/c22-16-5-6-18(27)15(9-16)10-19-20(28)26(13-17-4-2-8-29-17)21(30-19)25-24-12-14-3-1-7-23-11-14/h1-12,27H,13H2/b19-10-,24-12-,25-21+. The maximum Gasteiger partial charge on any atom is 0.267 e. The van der Waals surface area contributed by atoms with E-state index >= 15 is 0 Å². The third-order valence-corrected chi connectivity index (χ3v) is 5.58. The predicted molar refractivity (Wildman–Crippen MR) is 120 cm³/mol. The Balaban J connectivity index is 1.65. The minimum Gasteiger partial charge on any atom is -0.507 e. The molecule has 1 amide bonds. The van der Waals surface area contributed by atoms with E-state index in [1.54, 1.807) is 67.3 Å². The molecule has 1 aliphatic rings. The number of amidine groups is 1. The van der Waals surface area contributed by atoms with Crippen molar-refractivity contribution in [2.45, 2.75) is 6.54 Å². The number of carbonyl (C=O) groups excluding carboxylic acids is 1. The molecule has 1 fully saturated rings. The molecule has 0 aliphatic carbocycles. The Morgan fingerprint density at radius 2 is 2.17 bits per heavy atom.